The van der Waals surface area contributed by atoms with E-state index in [9.17, 15) is 10.1 Å². The molecule has 3 aromatic rings. The smallest absolute Gasteiger partial charge is 0.410 e. The minimum absolute atomic E-state index is 0.0319. The van der Waals surface area contributed by atoms with Crippen molar-refractivity contribution in [2.45, 2.75) is 51.3 Å². The molecule has 0 N–H and O–H groups in total. The van der Waals surface area contributed by atoms with Crippen LogP contribution in [-0.4, -0.2) is 37.7 Å². The number of pyridine rings is 1. The zero-order valence-corrected chi connectivity index (χ0v) is 17.6. The van der Waals surface area contributed by atoms with Gasteiger partial charge in [0.05, 0.1) is 47.8 Å². The Kier molecular flexibility index (Phi) is 4.66. The number of amides is 1. The minimum atomic E-state index is -0.451. The molecule has 1 aromatic carbocycles. The maximum Gasteiger partial charge on any atom is 0.410 e. The van der Waals surface area contributed by atoms with Crippen LogP contribution in [0, 0.1) is 16.7 Å². The van der Waals surface area contributed by atoms with Crippen LogP contribution >= 0.6 is 0 Å². The fourth-order valence-corrected chi connectivity index (χ4v) is 5.31. The second kappa shape index (κ2) is 7.38. The molecule has 7 heteroatoms. The zero-order chi connectivity index (χ0) is 21.5. The summed E-state index contributed by atoms with van der Waals surface area (Å²) in [7, 11) is 0. The van der Waals surface area contributed by atoms with Crippen molar-refractivity contribution in [1.82, 2.24) is 19.4 Å². The van der Waals surface area contributed by atoms with Crippen molar-refractivity contribution in [3.05, 3.63) is 60.2 Å². The van der Waals surface area contributed by atoms with E-state index in [1.165, 1.54) is 0 Å². The van der Waals surface area contributed by atoms with Crippen LogP contribution < -0.4 is 0 Å². The molecule has 158 valence electrons. The number of imidazole rings is 1. The molecule has 3 heterocycles. The first-order chi connectivity index (χ1) is 15.0. The summed E-state index contributed by atoms with van der Waals surface area (Å²) in [5, 5.41) is 9.26. The Morgan fingerprint density at radius 3 is 2.94 bits per heavy atom. The van der Waals surface area contributed by atoms with Gasteiger partial charge < -0.3 is 9.30 Å². The number of aromatic nitrogens is 3. The highest BCUT2D eigenvalue weighted by Gasteiger charge is 2.51. The Labute approximate surface area is 181 Å². The molecule has 2 aliphatic rings. The molecule has 1 saturated heterocycles. The predicted molar refractivity (Wildman–Crippen MR) is 115 cm³/mol. The summed E-state index contributed by atoms with van der Waals surface area (Å²) >= 11 is 0. The summed E-state index contributed by atoms with van der Waals surface area (Å²) in [4.78, 5) is 23.3. The number of fused-ring (bicyclic) bond motifs is 1. The molecular weight excluding hydrogens is 390 g/mol. The van der Waals surface area contributed by atoms with Gasteiger partial charge in [0.1, 0.15) is 5.60 Å². The van der Waals surface area contributed by atoms with Crippen molar-refractivity contribution in [1.29, 1.82) is 5.26 Å². The number of nitriles is 1. The molecule has 1 aliphatic heterocycles. The molecule has 0 bridgehead atoms. The fourth-order valence-electron chi connectivity index (χ4n) is 5.31. The van der Waals surface area contributed by atoms with E-state index in [4.69, 9.17) is 4.74 Å². The van der Waals surface area contributed by atoms with Crippen LogP contribution in [0.3, 0.4) is 0 Å². The highest BCUT2D eigenvalue weighted by atomic mass is 16.6. The number of hydrogen-bond donors (Lipinski definition) is 0. The van der Waals surface area contributed by atoms with Crippen molar-refractivity contribution >= 4 is 17.1 Å². The number of rotatable bonds is 4. The fraction of sp³-hybridized carbons (Fsp3) is 0.417. The Bertz CT molecular complexity index is 1170. The van der Waals surface area contributed by atoms with Crippen LogP contribution in [-0.2, 0) is 17.8 Å². The molecule has 1 aliphatic carbocycles. The summed E-state index contributed by atoms with van der Waals surface area (Å²) in [6, 6.07) is 13.5. The third kappa shape index (κ3) is 3.74. The molecule has 1 spiro atoms. The maximum absolute atomic E-state index is 12.7. The highest BCUT2D eigenvalue weighted by Crippen LogP contribution is 2.47. The third-order valence-corrected chi connectivity index (χ3v) is 6.58. The van der Waals surface area contributed by atoms with E-state index >= 15 is 0 Å². The van der Waals surface area contributed by atoms with Gasteiger partial charge in [0, 0.05) is 12.7 Å². The van der Waals surface area contributed by atoms with Gasteiger partial charge in [-0.2, -0.15) is 5.26 Å². The number of carbonyl (C=O) groups excluding carboxylic acids is 1. The quantitative estimate of drug-likeness (QED) is 0.635. The Morgan fingerprint density at radius 1 is 1.23 bits per heavy atom. The average molecular weight is 415 g/mol. The van der Waals surface area contributed by atoms with Gasteiger partial charge in [-0.05, 0) is 61.4 Å². The second-order valence-electron chi connectivity index (χ2n) is 9.26. The lowest BCUT2D eigenvalue weighted by Crippen LogP contribution is -2.44. The summed E-state index contributed by atoms with van der Waals surface area (Å²) < 4.78 is 8.14. The molecule has 0 unspecified atom stereocenters. The van der Waals surface area contributed by atoms with Gasteiger partial charge in [0.15, 0.2) is 0 Å². The third-order valence-electron chi connectivity index (χ3n) is 6.58. The van der Waals surface area contributed by atoms with Gasteiger partial charge in [0.25, 0.3) is 0 Å². The number of ether oxygens (including phenoxy) is 1. The van der Waals surface area contributed by atoms with Crippen molar-refractivity contribution in [2.24, 2.45) is 5.41 Å². The zero-order valence-electron chi connectivity index (χ0n) is 17.6. The van der Waals surface area contributed by atoms with Gasteiger partial charge in [-0.3, -0.25) is 9.88 Å². The Morgan fingerprint density at radius 2 is 2.13 bits per heavy atom. The minimum Gasteiger partial charge on any atom is -0.441 e. The largest absolute Gasteiger partial charge is 0.441 e. The van der Waals surface area contributed by atoms with Crippen LogP contribution in [0.4, 0.5) is 4.79 Å². The number of hydrogen-bond acceptors (Lipinski definition) is 5. The predicted octanol–water partition coefficient (Wildman–Crippen LogP) is 4.27. The molecule has 1 amide bonds. The lowest BCUT2D eigenvalue weighted by atomic mass is 9.68. The van der Waals surface area contributed by atoms with Crippen LogP contribution in [0.15, 0.2) is 48.9 Å². The van der Waals surface area contributed by atoms with Crippen LogP contribution in [0.1, 0.15) is 43.9 Å². The summed E-state index contributed by atoms with van der Waals surface area (Å²) in [6.45, 7) is 4.11. The molecule has 2 aromatic heterocycles. The van der Waals surface area contributed by atoms with E-state index in [0.717, 1.165) is 49.0 Å². The van der Waals surface area contributed by atoms with Gasteiger partial charge in [-0.25, -0.2) is 9.78 Å². The highest BCUT2D eigenvalue weighted by molar-refractivity contribution is 5.77. The molecular formula is C24H25N5O2. The van der Waals surface area contributed by atoms with Crippen molar-refractivity contribution in [3.63, 3.8) is 0 Å². The van der Waals surface area contributed by atoms with Gasteiger partial charge in [-0.1, -0.05) is 13.0 Å². The monoisotopic (exact) mass is 415 g/mol. The van der Waals surface area contributed by atoms with E-state index in [0.29, 0.717) is 18.7 Å². The average Bonchev–Trinajstić information content (AvgIpc) is 3.28. The molecule has 2 fully saturated rings. The normalized spacial score (nSPS) is 25.7. The Hall–Kier alpha value is -3.40. The summed E-state index contributed by atoms with van der Waals surface area (Å²) in [6.07, 6.45) is 7.12. The second-order valence-corrected chi connectivity index (χ2v) is 9.26. The lowest BCUT2D eigenvalue weighted by molar-refractivity contribution is -0.0270. The van der Waals surface area contributed by atoms with Gasteiger partial charge >= 0.3 is 6.09 Å². The number of carbonyl (C=O) groups is 1. The van der Waals surface area contributed by atoms with Crippen molar-refractivity contribution < 1.29 is 9.53 Å². The lowest BCUT2D eigenvalue weighted by Gasteiger charge is -2.43. The number of nitrogens with zero attached hydrogens (tertiary/aromatic N) is 5. The molecule has 1 saturated carbocycles. The molecule has 7 nitrogen and oxygen atoms in total. The standard InChI is InChI=1S/C24H25N5O2/c1-23(15-29-17-27-20-7-6-18(12-25)11-21(20)29)8-4-9-24(14-23)16-28(22(30)31-24)13-19-5-2-3-10-26-19/h2-3,5-7,10-11,17H,4,8-9,13-16H2,1H3/t23-,24-/m0/s1. The first-order valence-electron chi connectivity index (χ1n) is 10.7. The van der Waals surface area contributed by atoms with Crippen LogP contribution in [0.25, 0.3) is 11.0 Å². The van der Waals surface area contributed by atoms with Crippen LogP contribution in [0.5, 0.6) is 0 Å². The van der Waals surface area contributed by atoms with E-state index < -0.39 is 5.60 Å². The van der Waals surface area contributed by atoms with E-state index in [1.54, 1.807) is 17.2 Å². The first kappa shape index (κ1) is 19.6. The first-order valence-corrected chi connectivity index (χ1v) is 10.7. The van der Waals surface area contributed by atoms with Crippen molar-refractivity contribution in [2.75, 3.05) is 6.54 Å². The van der Waals surface area contributed by atoms with E-state index in [1.807, 2.05) is 36.7 Å². The van der Waals surface area contributed by atoms with Gasteiger partial charge in [0.2, 0.25) is 0 Å². The summed E-state index contributed by atoms with van der Waals surface area (Å²) in [5.41, 5.74) is 2.88. The molecule has 5 rings (SSSR count). The maximum atomic E-state index is 12.7. The van der Waals surface area contributed by atoms with Crippen molar-refractivity contribution in [3.8, 4) is 6.07 Å². The van der Waals surface area contributed by atoms with E-state index in [2.05, 4.69) is 27.5 Å². The summed E-state index contributed by atoms with van der Waals surface area (Å²) in [5.74, 6) is 0. The molecule has 31 heavy (non-hydrogen) atoms. The Balaban J connectivity index is 1.35. The van der Waals surface area contributed by atoms with E-state index in [-0.39, 0.29) is 11.5 Å². The number of benzene rings is 1. The topological polar surface area (TPSA) is 84.0 Å². The SMILES string of the molecule is C[C@]1(Cn2cnc3ccc(C#N)cc32)CCC[C@@]2(CN(Cc3ccccn3)C(=O)O2)C1. The molecule has 2 atom stereocenters. The van der Waals surface area contributed by atoms with Crippen LogP contribution in [0.2, 0.25) is 0 Å². The van der Waals surface area contributed by atoms with Gasteiger partial charge in [-0.15, -0.1) is 0 Å². The molecule has 0 radical (unpaired) electrons.